The third kappa shape index (κ3) is 3.26. The molecule has 0 amide bonds. The van der Waals surface area contributed by atoms with Gasteiger partial charge in [0.25, 0.3) is 0 Å². The first-order valence-corrected chi connectivity index (χ1v) is 6.54. The highest BCUT2D eigenvalue weighted by Crippen LogP contribution is 2.13. The minimum Gasteiger partial charge on any atom is -0.388 e. The van der Waals surface area contributed by atoms with Crippen LogP contribution < -0.4 is 11.1 Å². The maximum Gasteiger partial charge on any atom is 0.155 e. The summed E-state index contributed by atoms with van der Waals surface area (Å²) in [7, 11) is 0. The monoisotopic (exact) mass is 272 g/mol. The van der Waals surface area contributed by atoms with Gasteiger partial charge in [0.1, 0.15) is 10.7 Å². The molecule has 0 aliphatic carbocycles. The van der Waals surface area contributed by atoms with Crippen molar-refractivity contribution < 1.29 is 0 Å². The molecule has 98 valence electrons. The molecule has 5 heteroatoms. The van der Waals surface area contributed by atoms with Gasteiger partial charge in [-0.2, -0.15) is 0 Å². The Morgan fingerprint density at radius 2 is 1.89 bits per heavy atom. The molecule has 0 bridgehead atoms. The van der Waals surface area contributed by atoms with Gasteiger partial charge in [-0.25, -0.2) is 9.97 Å². The molecule has 2 aromatic rings. The number of nitrogens with two attached hydrogens (primary N) is 1. The highest BCUT2D eigenvalue weighted by atomic mass is 32.1. The van der Waals surface area contributed by atoms with Crippen molar-refractivity contribution >= 4 is 23.0 Å². The molecule has 0 spiro atoms. The van der Waals surface area contributed by atoms with Crippen molar-refractivity contribution in [3.63, 3.8) is 0 Å². The zero-order valence-electron chi connectivity index (χ0n) is 10.8. The van der Waals surface area contributed by atoms with Crippen molar-refractivity contribution in [1.29, 1.82) is 0 Å². The lowest BCUT2D eigenvalue weighted by Gasteiger charge is -2.11. The average Bonchev–Trinajstić information content (AvgIpc) is 2.45. The fourth-order valence-corrected chi connectivity index (χ4v) is 2.05. The topological polar surface area (TPSA) is 63.8 Å². The van der Waals surface area contributed by atoms with Crippen LogP contribution in [0.15, 0.2) is 36.7 Å². The van der Waals surface area contributed by atoms with Gasteiger partial charge in [0.2, 0.25) is 0 Å². The fourth-order valence-electron chi connectivity index (χ4n) is 1.90. The number of nitrogens with zero attached hydrogens (tertiary/aromatic N) is 2. The van der Waals surface area contributed by atoms with Gasteiger partial charge in [-0.3, -0.25) is 0 Å². The normalized spacial score (nSPS) is 10.2. The van der Waals surface area contributed by atoms with Crippen LogP contribution in [0.25, 0.3) is 0 Å². The molecular weight excluding hydrogens is 256 g/mol. The van der Waals surface area contributed by atoms with E-state index in [0.717, 1.165) is 6.42 Å². The number of rotatable bonds is 5. The van der Waals surface area contributed by atoms with E-state index in [9.17, 15) is 0 Å². The first-order chi connectivity index (χ1) is 9.22. The standard InChI is InChI=1S/C14H16N4S/c1-2-10-5-3-4-6-11(10)9-18-14-12(13(15)19)16-7-8-17-14/h3-8H,2,9H2,1H3,(H2,15,19)(H,17,18). The predicted molar refractivity (Wildman–Crippen MR) is 81.1 cm³/mol. The highest BCUT2D eigenvalue weighted by molar-refractivity contribution is 7.80. The molecule has 0 aliphatic heterocycles. The number of hydrogen-bond acceptors (Lipinski definition) is 4. The summed E-state index contributed by atoms with van der Waals surface area (Å²) in [6.45, 7) is 2.82. The number of thiocarbonyl (C=S) groups is 1. The Hall–Kier alpha value is -2.01. The number of nitrogens with one attached hydrogen (secondary N) is 1. The second-order valence-corrected chi connectivity index (χ2v) is 4.53. The van der Waals surface area contributed by atoms with Crippen molar-refractivity contribution in [2.24, 2.45) is 5.73 Å². The Balaban J connectivity index is 2.17. The smallest absolute Gasteiger partial charge is 0.155 e. The van der Waals surface area contributed by atoms with E-state index in [1.165, 1.54) is 11.1 Å². The van der Waals surface area contributed by atoms with E-state index >= 15 is 0 Å². The van der Waals surface area contributed by atoms with Crippen molar-refractivity contribution in [1.82, 2.24) is 9.97 Å². The third-order valence-corrected chi connectivity index (χ3v) is 3.07. The summed E-state index contributed by atoms with van der Waals surface area (Å²) < 4.78 is 0. The van der Waals surface area contributed by atoms with Gasteiger partial charge >= 0.3 is 0 Å². The molecule has 2 rings (SSSR count). The van der Waals surface area contributed by atoms with E-state index in [1.54, 1.807) is 12.4 Å². The summed E-state index contributed by atoms with van der Waals surface area (Å²) in [5.74, 6) is 0.626. The summed E-state index contributed by atoms with van der Waals surface area (Å²) in [6, 6.07) is 8.30. The van der Waals surface area contributed by atoms with E-state index in [1.807, 2.05) is 12.1 Å². The number of anilines is 1. The molecule has 3 N–H and O–H groups in total. The van der Waals surface area contributed by atoms with Crippen LogP contribution in [0, 0.1) is 0 Å². The Morgan fingerprint density at radius 3 is 2.58 bits per heavy atom. The lowest BCUT2D eigenvalue weighted by Crippen LogP contribution is -2.16. The van der Waals surface area contributed by atoms with Crippen molar-refractivity contribution in [2.75, 3.05) is 5.32 Å². The van der Waals surface area contributed by atoms with E-state index in [0.29, 0.717) is 18.1 Å². The summed E-state index contributed by atoms with van der Waals surface area (Å²) in [6.07, 6.45) is 4.20. The molecule has 0 saturated carbocycles. The van der Waals surface area contributed by atoms with E-state index in [2.05, 4.69) is 34.3 Å². The van der Waals surface area contributed by atoms with Crippen LogP contribution >= 0.6 is 12.2 Å². The number of benzene rings is 1. The van der Waals surface area contributed by atoms with Crippen LogP contribution in [0.4, 0.5) is 5.82 Å². The fraction of sp³-hybridized carbons (Fsp3) is 0.214. The van der Waals surface area contributed by atoms with Crippen LogP contribution in [-0.4, -0.2) is 15.0 Å². The molecule has 0 aliphatic rings. The van der Waals surface area contributed by atoms with E-state index in [4.69, 9.17) is 18.0 Å². The maximum atomic E-state index is 5.63. The Labute approximate surface area is 118 Å². The van der Waals surface area contributed by atoms with Crippen molar-refractivity contribution in [2.45, 2.75) is 19.9 Å². The molecule has 4 nitrogen and oxygen atoms in total. The molecule has 19 heavy (non-hydrogen) atoms. The van der Waals surface area contributed by atoms with Gasteiger partial charge in [-0.15, -0.1) is 0 Å². The lowest BCUT2D eigenvalue weighted by molar-refractivity contribution is 1.02. The van der Waals surface area contributed by atoms with E-state index in [-0.39, 0.29) is 4.99 Å². The number of aryl methyl sites for hydroxylation is 1. The first kappa shape index (κ1) is 13.4. The summed E-state index contributed by atoms with van der Waals surface area (Å²) in [4.78, 5) is 8.62. The van der Waals surface area contributed by atoms with Gasteiger partial charge in [0, 0.05) is 18.9 Å². The molecule has 1 aromatic carbocycles. The third-order valence-electron chi connectivity index (χ3n) is 2.88. The largest absolute Gasteiger partial charge is 0.388 e. The Kier molecular flexibility index (Phi) is 4.41. The van der Waals surface area contributed by atoms with Gasteiger partial charge in [-0.05, 0) is 17.5 Å². The molecule has 0 atom stereocenters. The summed E-state index contributed by atoms with van der Waals surface area (Å²) >= 11 is 4.96. The quantitative estimate of drug-likeness (QED) is 0.818. The van der Waals surface area contributed by atoms with Crippen LogP contribution in [0.3, 0.4) is 0 Å². The van der Waals surface area contributed by atoms with Gasteiger partial charge in [-0.1, -0.05) is 43.4 Å². The highest BCUT2D eigenvalue weighted by Gasteiger charge is 2.08. The van der Waals surface area contributed by atoms with Crippen LogP contribution in [0.2, 0.25) is 0 Å². The number of aromatic nitrogens is 2. The Bertz CT molecular complexity index is 583. The molecule has 1 heterocycles. The van der Waals surface area contributed by atoms with Gasteiger partial charge in [0.05, 0.1) is 0 Å². The lowest BCUT2D eigenvalue weighted by atomic mass is 10.1. The Morgan fingerprint density at radius 1 is 1.21 bits per heavy atom. The first-order valence-electron chi connectivity index (χ1n) is 6.13. The summed E-state index contributed by atoms with van der Waals surface area (Å²) in [5.41, 5.74) is 8.72. The van der Waals surface area contributed by atoms with Crippen LogP contribution in [0.1, 0.15) is 23.7 Å². The summed E-state index contributed by atoms with van der Waals surface area (Å²) in [5, 5.41) is 3.24. The molecular formula is C14H16N4S. The minimum absolute atomic E-state index is 0.249. The van der Waals surface area contributed by atoms with Gasteiger partial charge in [0.15, 0.2) is 5.82 Å². The average molecular weight is 272 g/mol. The van der Waals surface area contributed by atoms with Crippen molar-refractivity contribution in [3.8, 4) is 0 Å². The molecule has 0 unspecified atom stereocenters. The molecule has 1 aromatic heterocycles. The van der Waals surface area contributed by atoms with Crippen molar-refractivity contribution in [3.05, 3.63) is 53.5 Å². The number of hydrogen-bond donors (Lipinski definition) is 2. The van der Waals surface area contributed by atoms with Crippen LogP contribution in [-0.2, 0) is 13.0 Å². The second kappa shape index (κ2) is 6.24. The van der Waals surface area contributed by atoms with E-state index < -0.39 is 0 Å². The SMILES string of the molecule is CCc1ccccc1CNc1nccnc1C(N)=S. The predicted octanol–water partition coefficient (Wildman–Crippen LogP) is 2.29. The molecule has 0 saturated heterocycles. The maximum absolute atomic E-state index is 5.63. The van der Waals surface area contributed by atoms with Gasteiger partial charge < -0.3 is 11.1 Å². The van der Waals surface area contributed by atoms with Crippen LogP contribution in [0.5, 0.6) is 0 Å². The minimum atomic E-state index is 0.249. The zero-order chi connectivity index (χ0) is 13.7. The zero-order valence-corrected chi connectivity index (χ0v) is 11.6. The second-order valence-electron chi connectivity index (χ2n) is 4.09. The molecule has 0 radical (unpaired) electrons. The molecule has 0 fully saturated rings.